The normalized spacial score (nSPS) is 11.8. The highest BCUT2D eigenvalue weighted by molar-refractivity contribution is 5.46. The van der Waals surface area contributed by atoms with Crippen molar-refractivity contribution in [3.63, 3.8) is 0 Å². The van der Waals surface area contributed by atoms with Gasteiger partial charge in [0.15, 0.2) is 0 Å². The lowest BCUT2D eigenvalue weighted by atomic mass is 9.85. The molecule has 1 aromatic carbocycles. The lowest BCUT2D eigenvalue weighted by Gasteiger charge is -2.21. The predicted octanol–water partition coefficient (Wildman–Crippen LogP) is 4.91. The molecule has 0 saturated carbocycles. The molecule has 0 radical (unpaired) electrons. The lowest BCUT2D eigenvalue weighted by Crippen LogP contribution is -2.08. The van der Waals surface area contributed by atoms with Crippen LogP contribution in [0, 0.1) is 11.8 Å². The minimum absolute atomic E-state index is 0.476. The van der Waals surface area contributed by atoms with E-state index in [0.29, 0.717) is 23.5 Å². The van der Waals surface area contributed by atoms with E-state index in [0.717, 1.165) is 12.8 Å². The molecular weight excluding hydrogens is 220 g/mol. The molecule has 1 nitrogen and oxygen atoms in total. The fourth-order valence-electron chi connectivity index (χ4n) is 2.52. The van der Waals surface area contributed by atoms with E-state index in [9.17, 15) is 5.11 Å². The highest BCUT2D eigenvalue weighted by atomic mass is 16.3. The third-order valence-electron chi connectivity index (χ3n) is 3.29. The first-order valence-electron chi connectivity index (χ1n) is 7.16. The summed E-state index contributed by atoms with van der Waals surface area (Å²) in [4.78, 5) is 0. The van der Waals surface area contributed by atoms with Crippen LogP contribution in [0.25, 0.3) is 0 Å². The van der Waals surface area contributed by atoms with Crippen LogP contribution in [0.1, 0.15) is 64.2 Å². The molecule has 0 fully saturated rings. The summed E-state index contributed by atoms with van der Waals surface area (Å²) in [5, 5.41) is 10.2. The Morgan fingerprint density at radius 1 is 0.833 bits per heavy atom. The van der Waals surface area contributed by atoms with Crippen molar-refractivity contribution in [3.8, 4) is 5.75 Å². The molecule has 1 N–H and O–H groups in total. The fourth-order valence-corrected chi connectivity index (χ4v) is 2.52. The molecule has 0 aliphatic rings. The monoisotopic (exact) mass is 248 g/mol. The molecule has 18 heavy (non-hydrogen) atoms. The van der Waals surface area contributed by atoms with Crippen molar-refractivity contribution in [2.24, 2.45) is 11.8 Å². The number of phenols is 1. The third-order valence-corrected chi connectivity index (χ3v) is 3.29. The van der Waals surface area contributed by atoms with Crippen LogP contribution in [-0.4, -0.2) is 5.11 Å². The predicted molar refractivity (Wildman–Crippen MR) is 79.3 cm³/mol. The van der Waals surface area contributed by atoms with Crippen molar-refractivity contribution in [2.45, 2.75) is 60.3 Å². The molecular formula is C17H28O. The van der Waals surface area contributed by atoms with E-state index in [1.165, 1.54) is 16.7 Å². The fraction of sp³-hybridized carbons (Fsp3) is 0.647. The number of hydrogen-bond donors (Lipinski definition) is 1. The maximum absolute atomic E-state index is 10.2. The van der Waals surface area contributed by atoms with Gasteiger partial charge in [0, 0.05) is 0 Å². The number of rotatable bonds is 5. The van der Waals surface area contributed by atoms with Crippen molar-refractivity contribution in [3.05, 3.63) is 28.8 Å². The highest BCUT2D eigenvalue weighted by Gasteiger charge is 2.16. The molecule has 0 atom stereocenters. The summed E-state index contributed by atoms with van der Waals surface area (Å²) in [7, 11) is 0. The van der Waals surface area contributed by atoms with Crippen LogP contribution in [0.2, 0.25) is 0 Å². The van der Waals surface area contributed by atoms with Gasteiger partial charge >= 0.3 is 0 Å². The maximum atomic E-state index is 10.2. The van der Waals surface area contributed by atoms with Crippen LogP contribution in [0.4, 0.5) is 0 Å². The third kappa shape index (κ3) is 3.76. The summed E-state index contributed by atoms with van der Waals surface area (Å²) in [5.41, 5.74) is 3.95. The van der Waals surface area contributed by atoms with E-state index in [1.807, 2.05) is 6.07 Å². The second-order valence-electron chi connectivity index (χ2n) is 6.48. The smallest absolute Gasteiger partial charge is 0.119 e. The average molecular weight is 248 g/mol. The molecule has 1 heteroatoms. The zero-order valence-electron chi connectivity index (χ0n) is 12.7. The van der Waals surface area contributed by atoms with Crippen LogP contribution in [0.15, 0.2) is 12.1 Å². The second-order valence-corrected chi connectivity index (χ2v) is 6.48. The van der Waals surface area contributed by atoms with Gasteiger partial charge < -0.3 is 5.11 Å². The van der Waals surface area contributed by atoms with Gasteiger partial charge in [-0.2, -0.15) is 0 Å². The SMILES string of the molecule is CC(C)Cc1c(O)ccc(C(C)C)c1CC(C)C. The highest BCUT2D eigenvalue weighted by Crippen LogP contribution is 2.32. The molecule has 1 aromatic rings. The minimum atomic E-state index is 0.476. The quantitative estimate of drug-likeness (QED) is 0.784. The van der Waals surface area contributed by atoms with E-state index in [1.54, 1.807) is 0 Å². The summed E-state index contributed by atoms with van der Waals surface area (Å²) in [6, 6.07) is 3.97. The Hall–Kier alpha value is -0.980. The zero-order chi connectivity index (χ0) is 13.9. The second kappa shape index (κ2) is 6.26. The van der Waals surface area contributed by atoms with E-state index in [4.69, 9.17) is 0 Å². The maximum Gasteiger partial charge on any atom is 0.119 e. The molecule has 0 unspecified atom stereocenters. The molecule has 0 bridgehead atoms. The first-order chi connectivity index (χ1) is 8.32. The summed E-state index contributed by atoms with van der Waals surface area (Å²) in [6.07, 6.45) is 2.03. The zero-order valence-corrected chi connectivity index (χ0v) is 12.7. The van der Waals surface area contributed by atoms with Crippen LogP contribution in [0.3, 0.4) is 0 Å². The Balaban J connectivity index is 3.30. The van der Waals surface area contributed by atoms with E-state index >= 15 is 0 Å². The van der Waals surface area contributed by atoms with Gasteiger partial charge in [-0.1, -0.05) is 47.6 Å². The minimum Gasteiger partial charge on any atom is -0.508 e. The summed E-state index contributed by atoms with van der Waals surface area (Å²) >= 11 is 0. The summed E-state index contributed by atoms with van der Waals surface area (Å²) in [6.45, 7) is 13.4. The van der Waals surface area contributed by atoms with Crippen LogP contribution in [0.5, 0.6) is 5.75 Å². The Kier molecular flexibility index (Phi) is 5.25. The van der Waals surface area contributed by atoms with E-state index in [-0.39, 0.29) is 0 Å². The van der Waals surface area contributed by atoms with Gasteiger partial charge in [0.05, 0.1) is 0 Å². The molecule has 0 saturated heterocycles. The van der Waals surface area contributed by atoms with Gasteiger partial charge in [0.25, 0.3) is 0 Å². The molecule has 0 aliphatic carbocycles. The van der Waals surface area contributed by atoms with Crippen molar-refractivity contribution in [1.82, 2.24) is 0 Å². The van der Waals surface area contributed by atoms with Crippen molar-refractivity contribution in [1.29, 1.82) is 0 Å². The number of aromatic hydroxyl groups is 1. The first-order valence-corrected chi connectivity index (χ1v) is 7.16. The Morgan fingerprint density at radius 3 is 1.78 bits per heavy atom. The topological polar surface area (TPSA) is 20.2 Å². The molecule has 1 rings (SSSR count). The van der Waals surface area contributed by atoms with Crippen molar-refractivity contribution in [2.75, 3.05) is 0 Å². The van der Waals surface area contributed by atoms with E-state index < -0.39 is 0 Å². The Bertz CT molecular complexity index is 389. The molecule has 0 aliphatic heterocycles. The lowest BCUT2D eigenvalue weighted by molar-refractivity contribution is 0.458. The van der Waals surface area contributed by atoms with Gasteiger partial charge in [0.2, 0.25) is 0 Å². The average Bonchev–Trinajstić information content (AvgIpc) is 2.21. The first kappa shape index (κ1) is 15.1. The standard InChI is InChI=1S/C17H28O/c1-11(2)9-15-14(13(5)6)7-8-17(18)16(15)10-12(3)4/h7-8,11-13,18H,9-10H2,1-6H3. The molecule has 0 aromatic heterocycles. The van der Waals surface area contributed by atoms with Crippen LogP contribution in [-0.2, 0) is 12.8 Å². The molecule has 0 amide bonds. The van der Waals surface area contributed by atoms with E-state index in [2.05, 4.69) is 47.6 Å². The van der Waals surface area contributed by atoms with Gasteiger partial charge in [-0.3, -0.25) is 0 Å². The van der Waals surface area contributed by atoms with Gasteiger partial charge in [-0.05, 0) is 53.4 Å². The van der Waals surface area contributed by atoms with Crippen LogP contribution < -0.4 is 0 Å². The van der Waals surface area contributed by atoms with Gasteiger partial charge in [0.1, 0.15) is 5.75 Å². The molecule has 102 valence electrons. The Morgan fingerprint density at radius 2 is 1.33 bits per heavy atom. The number of hydrogen-bond acceptors (Lipinski definition) is 1. The van der Waals surface area contributed by atoms with Crippen molar-refractivity contribution >= 4 is 0 Å². The van der Waals surface area contributed by atoms with Gasteiger partial charge in [-0.25, -0.2) is 0 Å². The number of phenolic OH excluding ortho intramolecular Hbond substituents is 1. The number of benzene rings is 1. The molecule has 0 spiro atoms. The van der Waals surface area contributed by atoms with Gasteiger partial charge in [-0.15, -0.1) is 0 Å². The summed E-state index contributed by atoms with van der Waals surface area (Å²) in [5.74, 6) is 2.19. The van der Waals surface area contributed by atoms with Crippen LogP contribution >= 0.6 is 0 Å². The van der Waals surface area contributed by atoms with Crippen molar-refractivity contribution < 1.29 is 5.11 Å². The Labute approximate surface area is 112 Å². The largest absolute Gasteiger partial charge is 0.508 e. The molecule has 0 heterocycles. The summed E-state index contributed by atoms with van der Waals surface area (Å²) < 4.78 is 0.